The smallest absolute Gasteiger partial charge is 0.244 e. The third-order valence-corrected chi connectivity index (χ3v) is 1.18. The van der Waals surface area contributed by atoms with E-state index in [0.717, 1.165) is 0 Å². The van der Waals surface area contributed by atoms with Crippen molar-refractivity contribution in [2.24, 2.45) is 5.90 Å². The molecule has 0 saturated carbocycles. The van der Waals surface area contributed by atoms with Gasteiger partial charge in [0, 0.05) is 5.92 Å². The lowest BCUT2D eigenvalue weighted by molar-refractivity contribution is 0.103. The molecule has 62 valence electrons. The van der Waals surface area contributed by atoms with Crippen LogP contribution in [0.2, 0.25) is 0 Å². The molecule has 2 N–H and O–H groups in total. The van der Waals surface area contributed by atoms with Crippen molar-refractivity contribution < 1.29 is 9.25 Å². The lowest BCUT2D eigenvalue weighted by Crippen LogP contribution is -1.98. The average Bonchev–Trinajstić information content (AvgIpc) is 2.37. The van der Waals surface area contributed by atoms with Crippen molar-refractivity contribution in [2.75, 3.05) is 0 Å². The molecule has 0 spiro atoms. The minimum atomic E-state index is 0.166. The quantitative estimate of drug-likeness (QED) is 0.650. The molecule has 0 fully saturated rings. The van der Waals surface area contributed by atoms with Crippen molar-refractivity contribution in [1.82, 2.24) is 10.2 Å². The lowest BCUT2D eigenvalue weighted by Gasteiger charge is -1.93. The summed E-state index contributed by atoms with van der Waals surface area (Å²) in [5, 5.41) is 7.49. The predicted molar refractivity (Wildman–Crippen MR) is 37.4 cm³/mol. The van der Waals surface area contributed by atoms with E-state index in [1.807, 2.05) is 13.8 Å². The lowest BCUT2D eigenvalue weighted by atomic mass is 10.2. The summed E-state index contributed by atoms with van der Waals surface area (Å²) < 4.78 is 5.16. The van der Waals surface area contributed by atoms with Gasteiger partial charge in [0.2, 0.25) is 11.8 Å². The SMILES string of the molecule is CC(C)c1nnc(CON)o1. The number of nitrogens with two attached hydrogens (primary N) is 1. The van der Waals surface area contributed by atoms with Crippen LogP contribution in [0.1, 0.15) is 31.5 Å². The minimum Gasteiger partial charge on any atom is -0.422 e. The van der Waals surface area contributed by atoms with Crippen LogP contribution in [0, 0.1) is 0 Å². The van der Waals surface area contributed by atoms with Gasteiger partial charge in [-0.1, -0.05) is 13.8 Å². The molecule has 0 aliphatic heterocycles. The van der Waals surface area contributed by atoms with Gasteiger partial charge in [0.25, 0.3) is 0 Å². The van der Waals surface area contributed by atoms with Gasteiger partial charge in [-0.25, -0.2) is 5.90 Å². The molecule has 1 aromatic heterocycles. The highest BCUT2D eigenvalue weighted by atomic mass is 16.6. The van der Waals surface area contributed by atoms with Gasteiger partial charge < -0.3 is 4.42 Å². The van der Waals surface area contributed by atoms with Gasteiger partial charge in [-0.05, 0) is 0 Å². The number of rotatable bonds is 3. The normalized spacial score (nSPS) is 10.9. The summed E-state index contributed by atoms with van der Waals surface area (Å²) >= 11 is 0. The highest BCUT2D eigenvalue weighted by molar-refractivity contribution is 4.85. The molecule has 1 aromatic rings. The highest BCUT2D eigenvalue weighted by Gasteiger charge is 2.08. The average molecular weight is 157 g/mol. The Morgan fingerprint density at radius 2 is 2.27 bits per heavy atom. The first-order valence-corrected chi connectivity index (χ1v) is 3.38. The standard InChI is InChI=1S/C6H11N3O2/c1-4(2)6-9-8-5(11-6)3-10-7/h4H,3,7H2,1-2H3. The summed E-state index contributed by atoms with van der Waals surface area (Å²) in [5.74, 6) is 6.08. The minimum absolute atomic E-state index is 0.166. The van der Waals surface area contributed by atoms with Crippen LogP contribution in [-0.2, 0) is 11.4 Å². The zero-order valence-corrected chi connectivity index (χ0v) is 6.57. The molecule has 0 bridgehead atoms. The molecule has 0 radical (unpaired) electrons. The second-order valence-corrected chi connectivity index (χ2v) is 2.50. The zero-order chi connectivity index (χ0) is 8.27. The molecule has 0 saturated heterocycles. The molecule has 0 amide bonds. The molecule has 1 rings (SSSR count). The Labute approximate surface area is 64.5 Å². The summed E-state index contributed by atoms with van der Waals surface area (Å²) in [6, 6.07) is 0. The van der Waals surface area contributed by atoms with Gasteiger partial charge in [-0.2, -0.15) is 0 Å². The summed E-state index contributed by atoms with van der Waals surface area (Å²) in [6.45, 7) is 4.11. The molecular weight excluding hydrogens is 146 g/mol. The van der Waals surface area contributed by atoms with Crippen molar-refractivity contribution in [3.8, 4) is 0 Å². The van der Waals surface area contributed by atoms with E-state index in [4.69, 9.17) is 10.3 Å². The Bertz CT molecular complexity index is 221. The van der Waals surface area contributed by atoms with Crippen molar-refractivity contribution in [1.29, 1.82) is 0 Å². The van der Waals surface area contributed by atoms with Gasteiger partial charge >= 0.3 is 0 Å². The number of nitrogens with zero attached hydrogens (tertiary/aromatic N) is 2. The van der Waals surface area contributed by atoms with Crippen LogP contribution < -0.4 is 5.90 Å². The molecule has 0 aromatic carbocycles. The van der Waals surface area contributed by atoms with E-state index in [9.17, 15) is 0 Å². The maximum atomic E-state index is 5.16. The molecule has 11 heavy (non-hydrogen) atoms. The first-order valence-electron chi connectivity index (χ1n) is 3.38. The van der Waals surface area contributed by atoms with Crippen LogP contribution in [0.4, 0.5) is 0 Å². The number of aromatic nitrogens is 2. The summed E-state index contributed by atoms with van der Waals surface area (Å²) in [4.78, 5) is 4.32. The van der Waals surface area contributed by atoms with E-state index in [-0.39, 0.29) is 12.5 Å². The van der Waals surface area contributed by atoms with Gasteiger partial charge in [0.1, 0.15) is 6.61 Å². The van der Waals surface area contributed by atoms with Gasteiger partial charge in [-0.3, -0.25) is 4.84 Å². The molecule has 0 aliphatic carbocycles. The van der Waals surface area contributed by atoms with E-state index in [1.165, 1.54) is 0 Å². The second-order valence-electron chi connectivity index (χ2n) is 2.50. The van der Waals surface area contributed by atoms with Crippen LogP contribution in [-0.4, -0.2) is 10.2 Å². The van der Waals surface area contributed by atoms with E-state index >= 15 is 0 Å². The fourth-order valence-corrected chi connectivity index (χ4v) is 0.630. The van der Waals surface area contributed by atoms with E-state index in [2.05, 4.69) is 15.0 Å². The summed E-state index contributed by atoms with van der Waals surface area (Å²) in [5.41, 5.74) is 0. The van der Waals surface area contributed by atoms with Gasteiger partial charge in [-0.15, -0.1) is 10.2 Å². The Morgan fingerprint density at radius 1 is 1.55 bits per heavy atom. The molecule has 0 unspecified atom stereocenters. The summed E-state index contributed by atoms with van der Waals surface area (Å²) in [7, 11) is 0. The number of hydrogen-bond acceptors (Lipinski definition) is 5. The Kier molecular flexibility index (Phi) is 2.56. The van der Waals surface area contributed by atoms with Crippen molar-refractivity contribution in [3.05, 3.63) is 11.8 Å². The van der Waals surface area contributed by atoms with Crippen LogP contribution in [0.15, 0.2) is 4.42 Å². The topological polar surface area (TPSA) is 74.2 Å². The molecule has 0 aliphatic rings. The fourth-order valence-electron chi connectivity index (χ4n) is 0.630. The third-order valence-electron chi connectivity index (χ3n) is 1.18. The predicted octanol–water partition coefficient (Wildman–Crippen LogP) is 0.583. The van der Waals surface area contributed by atoms with Crippen LogP contribution in [0.25, 0.3) is 0 Å². The van der Waals surface area contributed by atoms with E-state index in [0.29, 0.717) is 11.8 Å². The Hall–Kier alpha value is -0.940. The van der Waals surface area contributed by atoms with Gasteiger partial charge in [0.15, 0.2) is 0 Å². The summed E-state index contributed by atoms with van der Waals surface area (Å²) in [6.07, 6.45) is 0. The van der Waals surface area contributed by atoms with Crippen LogP contribution >= 0.6 is 0 Å². The van der Waals surface area contributed by atoms with E-state index in [1.54, 1.807) is 0 Å². The molecule has 5 heteroatoms. The van der Waals surface area contributed by atoms with Crippen LogP contribution in [0.3, 0.4) is 0 Å². The third kappa shape index (κ3) is 1.99. The second kappa shape index (κ2) is 3.45. The maximum absolute atomic E-state index is 5.16. The van der Waals surface area contributed by atoms with Gasteiger partial charge in [0.05, 0.1) is 0 Å². The van der Waals surface area contributed by atoms with Crippen molar-refractivity contribution >= 4 is 0 Å². The monoisotopic (exact) mass is 157 g/mol. The Morgan fingerprint density at radius 3 is 2.73 bits per heavy atom. The molecule has 1 heterocycles. The first kappa shape index (κ1) is 8.16. The largest absolute Gasteiger partial charge is 0.422 e. The molecular formula is C6H11N3O2. The Balaban J connectivity index is 2.66. The number of hydrogen-bond donors (Lipinski definition) is 1. The van der Waals surface area contributed by atoms with Crippen molar-refractivity contribution in [2.45, 2.75) is 26.4 Å². The highest BCUT2D eigenvalue weighted by Crippen LogP contribution is 2.11. The molecule has 5 nitrogen and oxygen atoms in total. The van der Waals surface area contributed by atoms with E-state index < -0.39 is 0 Å². The fraction of sp³-hybridized carbons (Fsp3) is 0.667. The zero-order valence-electron chi connectivity index (χ0n) is 6.57. The first-order chi connectivity index (χ1) is 5.24. The van der Waals surface area contributed by atoms with Crippen LogP contribution in [0.5, 0.6) is 0 Å². The van der Waals surface area contributed by atoms with Crippen molar-refractivity contribution in [3.63, 3.8) is 0 Å². The maximum Gasteiger partial charge on any atom is 0.244 e. The molecule has 0 atom stereocenters.